The summed E-state index contributed by atoms with van der Waals surface area (Å²) in [6.07, 6.45) is 12.3. The molecule has 2 aromatic carbocycles. The third kappa shape index (κ3) is 5.72. The SMILES string of the molecule is c1ccc(OCCC[N+]2(Cc3cnc(C(c4ccccc4)C4CCCCC4)o3)CCCC2)cc1. The molecule has 2 fully saturated rings. The zero-order valence-electron chi connectivity index (χ0n) is 20.4. The minimum absolute atomic E-state index is 0.279. The highest BCUT2D eigenvalue weighted by molar-refractivity contribution is 5.26. The molecule has 1 atom stereocenters. The summed E-state index contributed by atoms with van der Waals surface area (Å²) >= 11 is 0. The highest BCUT2D eigenvalue weighted by Crippen LogP contribution is 2.40. The van der Waals surface area contributed by atoms with E-state index in [0.29, 0.717) is 5.92 Å². The molecule has 0 amide bonds. The van der Waals surface area contributed by atoms with Crippen LogP contribution in [0.1, 0.15) is 74.5 Å². The molecule has 0 N–H and O–H groups in total. The Labute approximate surface area is 204 Å². The van der Waals surface area contributed by atoms with Crippen molar-refractivity contribution in [3.8, 4) is 5.75 Å². The molecule has 2 aliphatic rings. The van der Waals surface area contributed by atoms with Crippen molar-refractivity contribution < 1.29 is 13.6 Å². The van der Waals surface area contributed by atoms with Gasteiger partial charge in [-0.25, -0.2) is 4.98 Å². The normalized spacial score (nSPS) is 19.2. The third-order valence-corrected chi connectivity index (χ3v) is 7.91. The van der Waals surface area contributed by atoms with Crippen LogP contribution < -0.4 is 4.74 Å². The van der Waals surface area contributed by atoms with Crippen molar-refractivity contribution in [3.05, 3.63) is 84.1 Å². The van der Waals surface area contributed by atoms with Crippen LogP contribution >= 0.6 is 0 Å². The fourth-order valence-corrected chi connectivity index (χ4v) is 6.19. The van der Waals surface area contributed by atoms with Gasteiger partial charge in [0.05, 0.1) is 38.4 Å². The number of aromatic nitrogens is 1. The first kappa shape index (κ1) is 23.2. The molecular weight excluding hydrogens is 420 g/mol. The largest absolute Gasteiger partial charge is 0.493 e. The van der Waals surface area contributed by atoms with Crippen LogP contribution in [-0.2, 0) is 6.54 Å². The fourth-order valence-electron chi connectivity index (χ4n) is 6.19. The maximum Gasteiger partial charge on any atom is 0.202 e. The van der Waals surface area contributed by atoms with Gasteiger partial charge in [0.1, 0.15) is 12.3 Å². The standard InChI is InChI=1S/C30H39N2O2/c1-4-13-25(14-5-1)29(26-15-6-2-7-16-26)30-31-23-28(34-30)24-32(19-10-11-20-32)21-12-22-33-27-17-8-3-9-18-27/h1,3-5,8-9,13-14,17-18,23,26,29H,2,6-7,10-12,15-16,19-22,24H2/q+1. The van der Waals surface area contributed by atoms with Gasteiger partial charge in [-0.05, 0) is 36.5 Å². The van der Waals surface area contributed by atoms with Crippen LogP contribution in [0.5, 0.6) is 5.75 Å². The topological polar surface area (TPSA) is 35.3 Å². The molecule has 180 valence electrons. The summed E-state index contributed by atoms with van der Waals surface area (Å²) in [5.41, 5.74) is 1.35. The summed E-state index contributed by atoms with van der Waals surface area (Å²) in [4.78, 5) is 4.88. The number of quaternary nitrogens is 1. The second-order valence-electron chi connectivity index (χ2n) is 10.3. The van der Waals surface area contributed by atoms with E-state index in [1.807, 2.05) is 36.5 Å². The molecule has 5 rings (SSSR count). The van der Waals surface area contributed by atoms with Gasteiger partial charge < -0.3 is 13.6 Å². The van der Waals surface area contributed by atoms with Gasteiger partial charge in [-0.15, -0.1) is 0 Å². The Hall–Kier alpha value is -2.59. The molecule has 0 spiro atoms. The number of rotatable bonds is 10. The van der Waals surface area contributed by atoms with Gasteiger partial charge in [0, 0.05) is 19.3 Å². The number of hydrogen-bond donors (Lipinski definition) is 0. The van der Waals surface area contributed by atoms with Gasteiger partial charge in [0.2, 0.25) is 5.89 Å². The van der Waals surface area contributed by atoms with Crippen LogP contribution in [-0.4, -0.2) is 35.7 Å². The number of oxazole rings is 1. The van der Waals surface area contributed by atoms with Crippen molar-refractivity contribution in [2.75, 3.05) is 26.2 Å². The lowest BCUT2D eigenvalue weighted by atomic mass is 9.77. The first-order chi connectivity index (χ1) is 16.8. The maximum absolute atomic E-state index is 6.56. The van der Waals surface area contributed by atoms with E-state index in [0.717, 1.165) is 48.0 Å². The van der Waals surface area contributed by atoms with Gasteiger partial charge in [0.15, 0.2) is 5.76 Å². The quantitative estimate of drug-likeness (QED) is 0.243. The van der Waals surface area contributed by atoms with Crippen molar-refractivity contribution in [3.63, 3.8) is 0 Å². The van der Waals surface area contributed by atoms with Crippen molar-refractivity contribution in [2.45, 2.75) is 63.8 Å². The number of para-hydroxylation sites is 1. The minimum atomic E-state index is 0.279. The van der Waals surface area contributed by atoms with E-state index in [4.69, 9.17) is 14.1 Å². The second-order valence-corrected chi connectivity index (χ2v) is 10.3. The van der Waals surface area contributed by atoms with Crippen LogP contribution in [0.2, 0.25) is 0 Å². The smallest absolute Gasteiger partial charge is 0.202 e. The zero-order chi connectivity index (χ0) is 23.1. The molecule has 1 aromatic heterocycles. The zero-order valence-corrected chi connectivity index (χ0v) is 20.4. The molecule has 0 bridgehead atoms. The Morgan fingerprint density at radius 2 is 1.59 bits per heavy atom. The highest BCUT2D eigenvalue weighted by atomic mass is 16.5. The first-order valence-electron chi connectivity index (χ1n) is 13.3. The van der Waals surface area contributed by atoms with E-state index < -0.39 is 0 Å². The monoisotopic (exact) mass is 459 g/mol. The molecular formula is C30H39N2O2+. The van der Waals surface area contributed by atoms with E-state index in [9.17, 15) is 0 Å². The lowest BCUT2D eigenvalue weighted by molar-refractivity contribution is -0.930. The van der Waals surface area contributed by atoms with E-state index in [-0.39, 0.29) is 5.92 Å². The molecule has 1 saturated heterocycles. The van der Waals surface area contributed by atoms with Crippen molar-refractivity contribution >= 4 is 0 Å². The summed E-state index contributed by atoms with van der Waals surface area (Å²) in [7, 11) is 0. The predicted octanol–water partition coefficient (Wildman–Crippen LogP) is 6.97. The van der Waals surface area contributed by atoms with Gasteiger partial charge in [-0.1, -0.05) is 67.8 Å². The Bertz CT molecular complexity index is 989. The number of ether oxygens (including phenoxy) is 1. The first-order valence-corrected chi connectivity index (χ1v) is 13.3. The molecule has 0 radical (unpaired) electrons. The molecule has 2 heterocycles. The lowest BCUT2D eigenvalue weighted by Crippen LogP contribution is -2.45. The Morgan fingerprint density at radius 1 is 0.882 bits per heavy atom. The number of nitrogens with zero attached hydrogens (tertiary/aromatic N) is 2. The van der Waals surface area contributed by atoms with Crippen molar-refractivity contribution in [1.82, 2.24) is 4.98 Å². The lowest BCUT2D eigenvalue weighted by Gasteiger charge is -2.33. The predicted molar refractivity (Wildman–Crippen MR) is 136 cm³/mol. The molecule has 1 saturated carbocycles. The van der Waals surface area contributed by atoms with E-state index >= 15 is 0 Å². The molecule has 1 aliphatic carbocycles. The van der Waals surface area contributed by atoms with E-state index in [1.54, 1.807) is 0 Å². The molecule has 34 heavy (non-hydrogen) atoms. The molecule has 4 heteroatoms. The molecule has 4 nitrogen and oxygen atoms in total. The fraction of sp³-hybridized carbons (Fsp3) is 0.500. The van der Waals surface area contributed by atoms with E-state index in [2.05, 4.69) is 30.3 Å². The van der Waals surface area contributed by atoms with Gasteiger partial charge in [0.25, 0.3) is 0 Å². The summed E-state index contributed by atoms with van der Waals surface area (Å²) in [5, 5.41) is 0. The van der Waals surface area contributed by atoms with Crippen LogP contribution in [0.15, 0.2) is 71.3 Å². The van der Waals surface area contributed by atoms with Crippen molar-refractivity contribution in [1.29, 1.82) is 0 Å². The van der Waals surface area contributed by atoms with Crippen LogP contribution in [0, 0.1) is 5.92 Å². The number of hydrogen-bond acceptors (Lipinski definition) is 3. The number of benzene rings is 2. The molecule has 3 aromatic rings. The van der Waals surface area contributed by atoms with E-state index in [1.165, 1.54) is 63.6 Å². The summed E-state index contributed by atoms with van der Waals surface area (Å²) in [5.74, 6) is 3.86. The summed E-state index contributed by atoms with van der Waals surface area (Å²) < 4.78 is 13.6. The van der Waals surface area contributed by atoms with Gasteiger partial charge in [-0.2, -0.15) is 0 Å². The summed E-state index contributed by atoms with van der Waals surface area (Å²) in [6, 6.07) is 21.1. The van der Waals surface area contributed by atoms with Crippen LogP contribution in [0.3, 0.4) is 0 Å². The Morgan fingerprint density at radius 3 is 2.32 bits per heavy atom. The molecule has 1 unspecified atom stereocenters. The minimum Gasteiger partial charge on any atom is -0.493 e. The van der Waals surface area contributed by atoms with Gasteiger partial charge in [-0.3, -0.25) is 0 Å². The van der Waals surface area contributed by atoms with Crippen molar-refractivity contribution in [2.24, 2.45) is 5.92 Å². The average molecular weight is 460 g/mol. The maximum atomic E-state index is 6.56. The number of likely N-dealkylation sites (tertiary alicyclic amines) is 1. The average Bonchev–Trinajstić information content (AvgIpc) is 3.54. The summed E-state index contributed by atoms with van der Waals surface area (Å²) in [6.45, 7) is 5.31. The van der Waals surface area contributed by atoms with Gasteiger partial charge >= 0.3 is 0 Å². The third-order valence-electron chi connectivity index (χ3n) is 7.91. The van der Waals surface area contributed by atoms with Crippen LogP contribution in [0.4, 0.5) is 0 Å². The Balaban J connectivity index is 1.26. The van der Waals surface area contributed by atoms with Crippen LogP contribution in [0.25, 0.3) is 0 Å². The highest BCUT2D eigenvalue weighted by Gasteiger charge is 2.35. The second kappa shape index (κ2) is 11.2. The Kier molecular flexibility index (Phi) is 7.65. The molecule has 1 aliphatic heterocycles.